The quantitative estimate of drug-likeness (QED) is 0.679. The van der Waals surface area contributed by atoms with E-state index in [-0.39, 0.29) is 12.3 Å². The summed E-state index contributed by atoms with van der Waals surface area (Å²) in [7, 11) is 0. The molecule has 1 N–H and O–H groups in total. The first-order chi connectivity index (χ1) is 10.5. The fourth-order valence-corrected chi connectivity index (χ4v) is 2.76. The number of para-hydroxylation sites is 1. The van der Waals surface area contributed by atoms with E-state index in [4.69, 9.17) is 16.3 Å². The summed E-state index contributed by atoms with van der Waals surface area (Å²) in [5.41, 5.74) is 2.21. The van der Waals surface area contributed by atoms with Crippen LogP contribution in [-0.4, -0.2) is 11.9 Å². The lowest BCUT2D eigenvalue weighted by Gasteiger charge is -2.24. The number of hydrogen-bond donors (Lipinski definition) is 1. The maximum absolute atomic E-state index is 12.5. The fraction of sp³-hybridized carbons (Fsp3) is 0.176. The minimum Gasteiger partial charge on any atom is -0.426 e. The molecule has 1 heterocycles. The summed E-state index contributed by atoms with van der Waals surface area (Å²) >= 11 is 5.89. The van der Waals surface area contributed by atoms with Gasteiger partial charge in [0.05, 0.1) is 5.92 Å². The molecule has 0 bridgehead atoms. The van der Waals surface area contributed by atoms with E-state index < -0.39 is 11.9 Å². The van der Waals surface area contributed by atoms with Crippen LogP contribution >= 0.6 is 11.6 Å². The zero-order valence-electron chi connectivity index (χ0n) is 11.9. The molecule has 0 saturated heterocycles. The minimum absolute atomic E-state index is 0.0858. The van der Waals surface area contributed by atoms with Gasteiger partial charge in [0.1, 0.15) is 5.75 Å². The zero-order chi connectivity index (χ0) is 15.7. The Kier molecular flexibility index (Phi) is 3.86. The van der Waals surface area contributed by atoms with Gasteiger partial charge in [-0.25, -0.2) is 0 Å². The van der Waals surface area contributed by atoms with Crippen LogP contribution < -0.4 is 10.1 Å². The lowest BCUT2D eigenvalue weighted by atomic mass is 9.90. The minimum atomic E-state index is -0.597. The Morgan fingerprint density at radius 2 is 2.05 bits per heavy atom. The highest BCUT2D eigenvalue weighted by atomic mass is 35.5. The lowest BCUT2D eigenvalue weighted by molar-refractivity contribution is -0.138. The predicted octanol–water partition coefficient (Wildman–Crippen LogP) is 3.68. The third kappa shape index (κ3) is 2.83. The van der Waals surface area contributed by atoms with Crippen molar-refractivity contribution in [2.45, 2.75) is 19.3 Å². The highest BCUT2D eigenvalue weighted by Gasteiger charge is 2.32. The smallest absolute Gasteiger partial charge is 0.319 e. The summed E-state index contributed by atoms with van der Waals surface area (Å²) in [6.45, 7) is 1.82. The Balaban J connectivity index is 1.88. The zero-order valence-corrected chi connectivity index (χ0v) is 12.7. The number of halogens is 1. The second kappa shape index (κ2) is 5.81. The number of anilines is 1. The molecule has 22 heavy (non-hydrogen) atoms. The number of rotatable bonds is 2. The van der Waals surface area contributed by atoms with Gasteiger partial charge in [-0.15, -0.1) is 0 Å². The standard InChI is InChI=1S/C17H14ClNO3/c1-10-8-11(18)6-7-15(10)22-17(21)13-9-16(20)19-14-5-3-2-4-12(13)14/h2-8,13H,9H2,1H3,(H,19,20). The van der Waals surface area contributed by atoms with Crippen molar-refractivity contribution in [3.05, 3.63) is 58.6 Å². The Morgan fingerprint density at radius 3 is 2.82 bits per heavy atom. The van der Waals surface area contributed by atoms with Crippen molar-refractivity contribution in [1.29, 1.82) is 0 Å². The van der Waals surface area contributed by atoms with Crippen LogP contribution in [0.1, 0.15) is 23.5 Å². The van der Waals surface area contributed by atoms with E-state index in [1.165, 1.54) is 0 Å². The highest BCUT2D eigenvalue weighted by Crippen LogP contribution is 2.33. The molecule has 3 rings (SSSR count). The van der Waals surface area contributed by atoms with Gasteiger partial charge < -0.3 is 10.1 Å². The maximum Gasteiger partial charge on any atom is 0.319 e. The van der Waals surface area contributed by atoms with Gasteiger partial charge in [-0.3, -0.25) is 9.59 Å². The van der Waals surface area contributed by atoms with Crippen LogP contribution in [0, 0.1) is 6.92 Å². The average molecular weight is 316 g/mol. The molecule has 0 radical (unpaired) electrons. The van der Waals surface area contributed by atoms with Crippen molar-refractivity contribution in [2.24, 2.45) is 0 Å². The van der Waals surface area contributed by atoms with Gasteiger partial charge in [0.15, 0.2) is 0 Å². The summed E-state index contributed by atoms with van der Waals surface area (Å²) in [4.78, 5) is 24.2. The maximum atomic E-state index is 12.5. The van der Waals surface area contributed by atoms with Crippen LogP contribution in [0.3, 0.4) is 0 Å². The van der Waals surface area contributed by atoms with E-state index in [0.29, 0.717) is 16.5 Å². The summed E-state index contributed by atoms with van der Waals surface area (Å²) in [5, 5.41) is 3.35. The van der Waals surface area contributed by atoms with Crippen molar-refractivity contribution in [3.8, 4) is 5.75 Å². The number of ether oxygens (including phenoxy) is 1. The first-order valence-corrected chi connectivity index (χ1v) is 7.29. The summed E-state index contributed by atoms with van der Waals surface area (Å²) < 4.78 is 5.47. The van der Waals surface area contributed by atoms with Crippen molar-refractivity contribution in [2.75, 3.05) is 5.32 Å². The Hall–Kier alpha value is -2.33. The molecular weight excluding hydrogens is 302 g/mol. The van der Waals surface area contributed by atoms with Crippen LogP contribution in [0.5, 0.6) is 5.75 Å². The number of nitrogens with one attached hydrogen (secondary N) is 1. The van der Waals surface area contributed by atoms with E-state index >= 15 is 0 Å². The summed E-state index contributed by atoms with van der Waals surface area (Å²) in [6.07, 6.45) is 0.0858. The third-order valence-electron chi connectivity index (χ3n) is 3.63. The molecule has 1 aliphatic heterocycles. The van der Waals surface area contributed by atoms with E-state index in [2.05, 4.69) is 5.32 Å². The van der Waals surface area contributed by atoms with Gasteiger partial charge >= 0.3 is 5.97 Å². The van der Waals surface area contributed by atoms with Gasteiger partial charge in [-0.05, 0) is 42.3 Å². The molecule has 0 saturated carbocycles. The van der Waals surface area contributed by atoms with Gasteiger partial charge in [0, 0.05) is 17.1 Å². The molecular formula is C17H14ClNO3. The van der Waals surface area contributed by atoms with Gasteiger partial charge in [-0.1, -0.05) is 29.8 Å². The monoisotopic (exact) mass is 315 g/mol. The van der Waals surface area contributed by atoms with Crippen LogP contribution in [0.4, 0.5) is 5.69 Å². The Labute approximate surface area is 133 Å². The normalized spacial score (nSPS) is 16.6. The Morgan fingerprint density at radius 1 is 1.27 bits per heavy atom. The molecule has 0 fully saturated rings. The molecule has 4 nitrogen and oxygen atoms in total. The molecule has 2 aromatic carbocycles. The van der Waals surface area contributed by atoms with Gasteiger partial charge in [0.2, 0.25) is 5.91 Å². The molecule has 5 heteroatoms. The van der Waals surface area contributed by atoms with Gasteiger partial charge in [0.25, 0.3) is 0 Å². The topological polar surface area (TPSA) is 55.4 Å². The number of carbonyl (C=O) groups excluding carboxylic acids is 2. The number of aryl methyl sites for hydroxylation is 1. The second-order valence-electron chi connectivity index (χ2n) is 5.22. The van der Waals surface area contributed by atoms with E-state index in [1.807, 2.05) is 25.1 Å². The molecule has 0 aromatic heterocycles. The number of amides is 1. The van der Waals surface area contributed by atoms with Crippen molar-refractivity contribution >= 4 is 29.2 Å². The number of benzene rings is 2. The number of carbonyl (C=O) groups is 2. The second-order valence-corrected chi connectivity index (χ2v) is 5.66. The predicted molar refractivity (Wildman–Crippen MR) is 84.3 cm³/mol. The summed E-state index contributed by atoms with van der Waals surface area (Å²) in [6, 6.07) is 12.3. The van der Waals surface area contributed by atoms with Crippen LogP contribution in [0.15, 0.2) is 42.5 Å². The van der Waals surface area contributed by atoms with Crippen LogP contribution in [0.25, 0.3) is 0 Å². The number of fused-ring (bicyclic) bond motifs is 1. The lowest BCUT2D eigenvalue weighted by Crippen LogP contribution is -2.29. The van der Waals surface area contributed by atoms with Crippen LogP contribution in [0.2, 0.25) is 5.02 Å². The van der Waals surface area contributed by atoms with Crippen LogP contribution in [-0.2, 0) is 9.59 Å². The fourth-order valence-electron chi connectivity index (χ4n) is 2.53. The molecule has 1 atom stereocenters. The van der Waals surface area contributed by atoms with E-state index in [1.54, 1.807) is 24.3 Å². The van der Waals surface area contributed by atoms with Crippen molar-refractivity contribution < 1.29 is 14.3 Å². The molecule has 1 unspecified atom stereocenters. The first-order valence-electron chi connectivity index (χ1n) is 6.91. The molecule has 1 amide bonds. The molecule has 112 valence electrons. The summed E-state index contributed by atoms with van der Waals surface area (Å²) in [5.74, 6) is -0.765. The molecule has 2 aromatic rings. The molecule has 0 spiro atoms. The van der Waals surface area contributed by atoms with Crippen molar-refractivity contribution in [3.63, 3.8) is 0 Å². The molecule has 0 aliphatic carbocycles. The molecule has 1 aliphatic rings. The average Bonchev–Trinajstić information content (AvgIpc) is 2.49. The van der Waals surface area contributed by atoms with E-state index in [9.17, 15) is 9.59 Å². The Bertz CT molecular complexity index is 757. The number of esters is 1. The number of hydrogen-bond acceptors (Lipinski definition) is 3. The SMILES string of the molecule is Cc1cc(Cl)ccc1OC(=O)C1CC(=O)Nc2ccccc21. The largest absolute Gasteiger partial charge is 0.426 e. The van der Waals surface area contributed by atoms with E-state index in [0.717, 1.165) is 11.1 Å². The first kappa shape index (κ1) is 14.6. The highest BCUT2D eigenvalue weighted by molar-refractivity contribution is 6.30. The third-order valence-corrected chi connectivity index (χ3v) is 3.87. The van der Waals surface area contributed by atoms with Crippen molar-refractivity contribution in [1.82, 2.24) is 0 Å². The van der Waals surface area contributed by atoms with Gasteiger partial charge in [-0.2, -0.15) is 0 Å².